The summed E-state index contributed by atoms with van der Waals surface area (Å²) in [7, 11) is 0. The van der Waals surface area contributed by atoms with E-state index in [2.05, 4.69) is 10.4 Å². The Kier molecular flexibility index (Phi) is 4.18. The van der Waals surface area contributed by atoms with Gasteiger partial charge in [-0.2, -0.15) is 5.10 Å². The van der Waals surface area contributed by atoms with Crippen molar-refractivity contribution in [2.45, 2.75) is 32.4 Å². The number of amides is 1. The maximum absolute atomic E-state index is 12.3. The van der Waals surface area contributed by atoms with Crippen molar-refractivity contribution in [2.75, 3.05) is 6.61 Å². The fourth-order valence-electron chi connectivity index (χ4n) is 2.62. The van der Waals surface area contributed by atoms with Gasteiger partial charge >= 0.3 is 0 Å². The topological polar surface area (TPSA) is 56.1 Å². The molecule has 3 rings (SSSR count). The maximum atomic E-state index is 12.3. The first-order valence-corrected chi connectivity index (χ1v) is 7.67. The van der Waals surface area contributed by atoms with E-state index in [9.17, 15) is 4.79 Å². The average molecular weight is 320 g/mol. The van der Waals surface area contributed by atoms with E-state index in [4.69, 9.17) is 16.3 Å². The molecule has 0 saturated carbocycles. The summed E-state index contributed by atoms with van der Waals surface area (Å²) in [5, 5.41) is 8.01. The van der Waals surface area contributed by atoms with Crippen LogP contribution in [0.25, 0.3) is 5.69 Å². The third-order valence-electron chi connectivity index (χ3n) is 3.87. The molecule has 1 aromatic carbocycles. The largest absolute Gasteiger partial charge is 0.376 e. The molecule has 0 unspecified atom stereocenters. The Morgan fingerprint density at radius 1 is 1.45 bits per heavy atom. The van der Waals surface area contributed by atoms with Crippen LogP contribution < -0.4 is 5.32 Å². The monoisotopic (exact) mass is 319 g/mol. The number of halogens is 1. The molecule has 1 fully saturated rings. The highest BCUT2D eigenvalue weighted by Crippen LogP contribution is 2.18. The minimum atomic E-state index is -0.175. The number of carbonyl (C=O) groups excluding carboxylic acids is 1. The predicted octanol–water partition coefficient (Wildman–Crippen LogP) is 2.74. The predicted molar refractivity (Wildman–Crippen MR) is 84.6 cm³/mol. The van der Waals surface area contributed by atoms with Crippen molar-refractivity contribution in [3.8, 4) is 5.69 Å². The van der Waals surface area contributed by atoms with Crippen LogP contribution in [0.2, 0.25) is 5.02 Å². The summed E-state index contributed by atoms with van der Waals surface area (Å²) in [5.41, 5.74) is 2.11. The summed E-state index contributed by atoms with van der Waals surface area (Å²) in [6.07, 6.45) is 0.876. The summed E-state index contributed by atoms with van der Waals surface area (Å²) >= 11 is 6.01. The van der Waals surface area contributed by atoms with E-state index in [1.165, 1.54) is 0 Å². The Morgan fingerprint density at radius 2 is 2.27 bits per heavy atom. The summed E-state index contributed by atoms with van der Waals surface area (Å²) < 4.78 is 7.18. The molecule has 0 aliphatic carbocycles. The molecule has 2 atom stereocenters. The van der Waals surface area contributed by atoms with Gasteiger partial charge in [-0.15, -0.1) is 0 Å². The first-order valence-electron chi connectivity index (χ1n) is 7.29. The van der Waals surface area contributed by atoms with Crippen molar-refractivity contribution >= 4 is 17.5 Å². The molecule has 0 radical (unpaired) electrons. The summed E-state index contributed by atoms with van der Waals surface area (Å²) in [5.74, 6) is -0.175. The second-order valence-corrected chi connectivity index (χ2v) is 5.94. The Labute approximate surface area is 134 Å². The second-order valence-electron chi connectivity index (χ2n) is 5.51. The van der Waals surface area contributed by atoms with E-state index in [1.54, 1.807) is 16.8 Å². The van der Waals surface area contributed by atoms with Gasteiger partial charge in [-0.05, 0) is 44.5 Å². The van der Waals surface area contributed by atoms with Gasteiger partial charge in [0.2, 0.25) is 0 Å². The highest BCUT2D eigenvalue weighted by molar-refractivity contribution is 6.30. The fourth-order valence-corrected chi connectivity index (χ4v) is 2.80. The molecule has 1 N–H and O–H groups in total. The third kappa shape index (κ3) is 3.00. The number of hydrogen-bond acceptors (Lipinski definition) is 3. The molecular formula is C16H18ClN3O2. The van der Waals surface area contributed by atoms with Gasteiger partial charge < -0.3 is 10.1 Å². The zero-order chi connectivity index (χ0) is 15.7. The van der Waals surface area contributed by atoms with Crippen molar-refractivity contribution < 1.29 is 9.53 Å². The van der Waals surface area contributed by atoms with Crippen molar-refractivity contribution in [1.82, 2.24) is 15.1 Å². The summed E-state index contributed by atoms with van der Waals surface area (Å²) in [6, 6.07) is 9.20. The highest BCUT2D eigenvalue weighted by Gasteiger charge is 2.27. The third-order valence-corrected chi connectivity index (χ3v) is 4.10. The maximum Gasteiger partial charge on any atom is 0.272 e. The van der Waals surface area contributed by atoms with Crippen molar-refractivity contribution in [2.24, 2.45) is 0 Å². The number of nitrogens with one attached hydrogen (secondary N) is 1. The number of aromatic nitrogens is 2. The molecule has 1 aliphatic heterocycles. The lowest BCUT2D eigenvalue weighted by Gasteiger charge is -2.14. The van der Waals surface area contributed by atoms with E-state index in [-0.39, 0.29) is 18.1 Å². The molecule has 22 heavy (non-hydrogen) atoms. The SMILES string of the molecule is Cc1cc(C(=O)N[C@H]2CCO[C@@H]2C)nn1-c1cccc(Cl)c1. The van der Waals surface area contributed by atoms with Crippen LogP contribution in [-0.2, 0) is 4.74 Å². The summed E-state index contributed by atoms with van der Waals surface area (Å²) in [4.78, 5) is 12.3. The van der Waals surface area contributed by atoms with Gasteiger partial charge in [0.05, 0.1) is 17.8 Å². The lowest BCUT2D eigenvalue weighted by Crippen LogP contribution is -2.39. The van der Waals surface area contributed by atoms with Crippen LogP contribution in [0.1, 0.15) is 29.5 Å². The van der Waals surface area contributed by atoms with Crippen molar-refractivity contribution in [1.29, 1.82) is 0 Å². The lowest BCUT2D eigenvalue weighted by atomic mass is 10.1. The van der Waals surface area contributed by atoms with E-state index < -0.39 is 0 Å². The number of rotatable bonds is 3. The Hall–Kier alpha value is -1.85. The zero-order valence-electron chi connectivity index (χ0n) is 12.5. The number of nitrogens with zero attached hydrogens (tertiary/aromatic N) is 2. The van der Waals surface area contributed by atoms with Crippen LogP contribution >= 0.6 is 11.6 Å². The molecule has 6 heteroatoms. The molecule has 0 spiro atoms. The van der Waals surface area contributed by atoms with Gasteiger partial charge in [-0.1, -0.05) is 17.7 Å². The molecule has 1 saturated heterocycles. The first kappa shape index (κ1) is 15.1. The minimum Gasteiger partial charge on any atom is -0.376 e. The number of benzene rings is 1. The number of carbonyl (C=O) groups is 1. The minimum absolute atomic E-state index is 0.0417. The summed E-state index contributed by atoms with van der Waals surface area (Å²) in [6.45, 7) is 4.56. The van der Waals surface area contributed by atoms with Gasteiger partial charge in [0.15, 0.2) is 5.69 Å². The number of aryl methyl sites for hydroxylation is 1. The molecule has 2 heterocycles. The second kappa shape index (κ2) is 6.10. The normalized spacial score (nSPS) is 21.0. The van der Waals surface area contributed by atoms with Crippen LogP contribution in [0.4, 0.5) is 0 Å². The molecule has 2 aromatic rings. The van der Waals surface area contributed by atoms with Crippen LogP contribution in [0.5, 0.6) is 0 Å². The Morgan fingerprint density at radius 3 is 2.95 bits per heavy atom. The van der Waals surface area contributed by atoms with Crippen molar-refractivity contribution in [3.05, 3.63) is 46.7 Å². The van der Waals surface area contributed by atoms with E-state index in [1.807, 2.05) is 32.0 Å². The van der Waals surface area contributed by atoms with Crippen LogP contribution in [0.3, 0.4) is 0 Å². The van der Waals surface area contributed by atoms with E-state index in [0.29, 0.717) is 17.3 Å². The molecule has 5 nitrogen and oxygen atoms in total. The molecule has 1 amide bonds. The van der Waals surface area contributed by atoms with Gasteiger partial charge in [0.25, 0.3) is 5.91 Å². The van der Waals surface area contributed by atoms with Crippen LogP contribution in [-0.4, -0.2) is 34.4 Å². The average Bonchev–Trinajstić information content (AvgIpc) is 3.06. The van der Waals surface area contributed by atoms with Gasteiger partial charge in [0, 0.05) is 17.3 Å². The Bertz CT molecular complexity index is 698. The zero-order valence-corrected chi connectivity index (χ0v) is 13.3. The molecule has 0 bridgehead atoms. The van der Waals surface area contributed by atoms with E-state index in [0.717, 1.165) is 17.8 Å². The van der Waals surface area contributed by atoms with Gasteiger partial charge in [-0.3, -0.25) is 4.79 Å². The number of hydrogen-bond donors (Lipinski definition) is 1. The smallest absolute Gasteiger partial charge is 0.272 e. The van der Waals surface area contributed by atoms with E-state index >= 15 is 0 Å². The highest BCUT2D eigenvalue weighted by atomic mass is 35.5. The quantitative estimate of drug-likeness (QED) is 0.946. The fraction of sp³-hybridized carbons (Fsp3) is 0.375. The van der Waals surface area contributed by atoms with Gasteiger partial charge in [-0.25, -0.2) is 4.68 Å². The first-order chi connectivity index (χ1) is 10.5. The number of ether oxygens (including phenoxy) is 1. The van der Waals surface area contributed by atoms with Crippen LogP contribution in [0, 0.1) is 6.92 Å². The molecule has 116 valence electrons. The van der Waals surface area contributed by atoms with Crippen molar-refractivity contribution in [3.63, 3.8) is 0 Å². The Balaban J connectivity index is 1.81. The molecule has 1 aliphatic rings. The van der Waals surface area contributed by atoms with Gasteiger partial charge in [0.1, 0.15) is 0 Å². The van der Waals surface area contributed by atoms with Crippen LogP contribution in [0.15, 0.2) is 30.3 Å². The standard InChI is InChI=1S/C16H18ClN3O2/c1-10-8-15(16(21)18-14-6-7-22-11(14)2)19-20(10)13-5-3-4-12(17)9-13/h3-5,8-9,11,14H,6-7H2,1-2H3,(H,18,21)/t11-,14+/m1/s1. The lowest BCUT2D eigenvalue weighted by molar-refractivity contribution is 0.0861. The molecular weight excluding hydrogens is 302 g/mol. The molecule has 1 aromatic heterocycles.